The van der Waals surface area contributed by atoms with Crippen molar-refractivity contribution in [3.8, 4) is 0 Å². The van der Waals surface area contributed by atoms with Gasteiger partial charge in [0.15, 0.2) is 0 Å². The van der Waals surface area contributed by atoms with Gasteiger partial charge in [0.25, 0.3) is 0 Å². The van der Waals surface area contributed by atoms with E-state index in [0.717, 1.165) is 12.0 Å². The van der Waals surface area contributed by atoms with Crippen molar-refractivity contribution >= 4 is 5.97 Å². The first kappa shape index (κ1) is 12.3. The Morgan fingerprint density at radius 2 is 2.13 bits per heavy atom. The first-order valence-electron chi connectivity index (χ1n) is 5.94. The minimum atomic E-state index is -0.131. The molecule has 2 nitrogen and oxygen atoms in total. The molecule has 0 bridgehead atoms. The molecular weight excluding hydrogens is 188 g/mol. The first-order chi connectivity index (χ1) is 7.07. The molecule has 0 N–H and O–H groups in total. The Balaban J connectivity index is 2.82. The summed E-state index contributed by atoms with van der Waals surface area (Å²) >= 11 is 0. The average Bonchev–Trinajstić information content (AvgIpc) is 2.21. The van der Waals surface area contributed by atoms with E-state index in [1.54, 1.807) is 0 Å². The molecule has 0 spiro atoms. The van der Waals surface area contributed by atoms with Crippen molar-refractivity contribution in [1.82, 2.24) is 0 Å². The Hall–Kier alpha value is -0.790. The number of allylic oxidation sites excluding steroid dienone is 1. The van der Waals surface area contributed by atoms with Gasteiger partial charge in [0.05, 0.1) is 6.61 Å². The first-order valence-corrected chi connectivity index (χ1v) is 5.94. The Labute approximate surface area is 92.7 Å². The van der Waals surface area contributed by atoms with Crippen LogP contribution in [0.2, 0.25) is 0 Å². The Bertz CT molecular complexity index is 266. The van der Waals surface area contributed by atoms with E-state index in [0.29, 0.717) is 18.4 Å². The second-order valence-electron chi connectivity index (χ2n) is 4.53. The molecule has 2 heteroatoms. The summed E-state index contributed by atoms with van der Waals surface area (Å²) < 4.78 is 5.04. The van der Waals surface area contributed by atoms with Crippen molar-refractivity contribution in [2.45, 2.75) is 47.0 Å². The van der Waals surface area contributed by atoms with E-state index < -0.39 is 0 Å². The molecule has 0 aromatic carbocycles. The number of hydrogen-bond donors (Lipinski definition) is 0. The van der Waals surface area contributed by atoms with Crippen LogP contribution in [0.4, 0.5) is 0 Å². The molecule has 1 fully saturated rings. The third kappa shape index (κ3) is 2.83. The normalized spacial score (nSPS) is 29.9. The van der Waals surface area contributed by atoms with E-state index in [1.807, 2.05) is 13.8 Å². The molecule has 86 valence electrons. The highest BCUT2D eigenvalue weighted by Gasteiger charge is 2.25. The van der Waals surface area contributed by atoms with Gasteiger partial charge >= 0.3 is 5.97 Å². The number of carbonyl (C=O) groups is 1. The number of ether oxygens (including phenoxy) is 1. The van der Waals surface area contributed by atoms with Gasteiger partial charge in [-0.2, -0.15) is 0 Å². The Morgan fingerprint density at radius 1 is 1.47 bits per heavy atom. The molecule has 0 heterocycles. The molecule has 15 heavy (non-hydrogen) atoms. The van der Waals surface area contributed by atoms with E-state index in [9.17, 15) is 4.79 Å². The van der Waals surface area contributed by atoms with Gasteiger partial charge in [-0.3, -0.25) is 0 Å². The predicted molar refractivity (Wildman–Crippen MR) is 61.5 cm³/mol. The van der Waals surface area contributed by atoms with E-state index in [-0.39, 0.29) is 5.97 Å². The van der Waals surface area contributed by atoms with E-state index in [1.165, 1.54) is 18.4 Å². The van der Waals surface area contributed by atoms with Gasteiger partial charge in [-0.15, -0.1) is 0 Å². The fourth-order valence-corrected chi connectivity index (χ4v) is 2.34. The summed E-state index contributed by atoms with van der Waals surface area (Å²) in [6, 6.07) is 0. The molecule has 1 rings (SSSR count). The number of esters is 1. The molecule has 0 amide bonds. The average molecular weight is 210 g/mol. The summed E-state index contributed by atoms with van der Waals surface area (Å²) in [6.07, 6.45) is 3.55. The minimum absolute atomic E-state index is 0.131. The molecule has 1 aliphatic rings. The SMILES string of the molecule is CCOC(=O)C(C)=C1CCCC(C)C1C. The fraction of sp³-hybridized carbons (Fsp3) is 0.769. The summed E-state index contributed by atoms with van der Waals surface area (Å²) in [5.41, 5.74) is 2.16. The lowest BCUT2D eigenvalue weighted by Gasteiger charge is -2.29. The molecule has 0 saturated heterocycles. The van der Waals surface area contributed by atoms with Gasteiger partial charge in [-0.05, 0) is 44.9 Å². The Kier molecular flexibility index (Phi) is 4.37. The van der Waals surface area contributed by atoms with Crippen LogP contribution in [-0.2, 0) is 9.53 Å². The van der Waals surface area contributed by atoms with Crippen molar-refractivity contribution in [2.75, 3.05) is 6.61 Å². The van der Waals surface area contributed by atoms with Crippen LogP contribution in [0.1, 0.15) is 47.0 Å². The van der Waals surface area contributed by atoms with Crippen LogP contribution in [0.15, 0.2) is 11.1 Å². The highest BCUT2D eigenvalue weighted by Crippen LogP contribution is 2.35. The van der Waals surface area contributed by atoms with E-state index in [4.69, 9.17) is 4.74 Å². The van der Waals surface area contributed by atoms with Gasteiger partial charge in [0.1, 0.15) is 0 Å². The van der Waals surface area contributed by atoms with Crippen LogP contribution in [0.5, 0.6) is 0 Å². The summed E-state index contributed by atoms with van der Waals surface area (Å²) in [5, 5.41) is 0. The lowest BCUT2D eigenvalue weighted by Crippen LogP contribution is -2.20. The fourth-order valence-electron chi connectivity index (χ4n) is 2.34. The number of rotatable bonds is 2. The van der Waals surface area contributed by atoms with E-state index >= 15 is 0 Å². The summed E-state index contributed by atoms with van der Waals surface area (Å²) in [5.74, 6) is 1.09. The summed E-state index contributed by atoms with van der Waals surface area (Å²) in [4.78, 5) is 11.6. The second kappa shape index (κ2) is 5.34. The quantitative estimate of drug-likeness (QED) is 0.516. The van der Waals surface area contributed by atoms with E-state index in [2.05, 4.69) is 13.8 Å². The molecular formula is C13H22O2. The molecule has 0 aliphatic heterocycles. The smallest absolute Gasteiger partial charge is 0.333 e. The zero-order valence-electron chi connectivity index (χ0n) is 10.3. The van der Waals surface area contributed by atoms with Crippen molar-refractivity contribution in [1.29, 1.82) is 0 Å². The maximum absolute atomic E-state index is 11.6. The molecule has 2 atom stereocenters. The number of carbonyl (C=O) groups excluding carboxylic acids is 1. The standard InChI is InChI=1S/C13H22O2/c1-5-15-13(14)11(4)12-8-6-7-9(2)10(12)3/h9-10H,5-8H2,1-4H3. The van der Waals surface area contributed by atoms with Crippen molar-refractivity contribution in [3.63, 3.8) is 0 Å². The molecule has 1 aliphatic carbocycles. The molecule has 0 aromatic heterocycles. The maximum Gasteiger partial charge on any atom is 0.333 e. The highest BCUT2D eigenvalue weighted by molar-refractivity contribution is 5.88. The van der Waals surface area contributed by atoms with Gasteiger partial charge in [-0.1, -0.05) is 19.4 Å². The largest absolute Gasteiger partial charge is 0.463 e. The lowest BCUT2D eigenvalue weighted by molar-refractivity contribution is -0.138. The number of hydrogen-bond acceptors (Lipinski definition) is 2. The van der Waals surface area contributed by atoms with Crippen LogP contribution in [0, 0.1) is 11.8 Å². The highest BCUT2D eigenvalue weighted by atomic mass is 16.5. The van der Waals surface area contributed by atoms with Crippen LogP contribution in [0.3, 0.4) is 0 Å². The van der Waals surface area contributed by atoms with Crippen LogP contribution in [-0.4, -0.2) is 12.6 Å². The molecule has 1 saturated carbocycles. The van der Waals surface area contributed by atoms with Gasteiger partial charge < -0.3 is 4.74 Å². The third-order valence-corrected chi connectivity index (χ3v) is 3.57. The Morgan fingerprint density at radius 3 is 2.73 bits per heavy atom. The van der Waals surface area contributed by atoms with Crippen LogP contribution >= 0.6 is 0 Å². The second-order valence-corrected chi connectivity index (χ2v) is 4.53. The maximum atomic E-state index is 11.6. The van der Waals surface area contributed by atoms with Gasteiger partial charge in [-0.25, -0.2) is 4.79 Å². The lowest BCUT2D eigenvalue weighted by atomic mass is 9.76. The molecule has 0 aromatic rings. The minimum Gasteiger partial charge on any atom is -0.463 e. The summed E-state index contributed by atoms with van der Waals surface area (Å²) in [7, 11) is 0. The summed E-state index contributed by atoms with van der Waals surface area (Å²) in [6.45, 7) is 8.71. The van der Waals surface area contributed by atoms with Crippen LogP contribution < -0.4 is 0 Å². The predicted octanol–water partition coefficient (Wildman–Crippen LogP) is 3.32. The molecule has 2 unspecified atom stereocenters. The zero-order valence-corrected chi connectivity index (χ0v) is 10.3. The van der Waals surface area contributed by atoms with Crippen molar-refractivity contribution < 1.29 is 9.53 Å². The monoisotopic (exact) mass is 210 g/mol. The third-order valence-electron chi connectivity index (χ3n) is 3.57. The van der Waals surface area contributed by atoms with Gasteiger partial charge in [0.2, 0.25) is 0 Å². The van der Waals surface area contributed by atoms with Crippen molar-refractivity contribution in [3.05, 3.63) is 11.1 Å². The van der Waals surface area contributed by atoms with Crippen molar-refractivity contribution in [2.24, 2.45) is 11.8 Å². The molecule has 0 radical (unpaired) electrons. The van der Waals surface area contributed by atoms with Gasteiger partial charge in [0, 0.05) is 5.57 Å². The van der Waals surface area contributed by atoms with Crippen LogP contribution in [0.25, 0.3) is 0 Å². The zero-order chi connectivity index (χ0) is 11.4. The topological polar surface area (TPSA) is 26.3 Å².